The summed E-state index contributed by atoms with van der Waals surface area (Å²) in [6.07, 6.45) is 0. The average Bonchev–Trinajstić information content (AvgIpc) is 3.24. The van der Waals surface area contributed by atoms with Gasteiger partial charge in [0.05, 0.1) is 0 Å². The number of rotatable bonds is 6. The quantitative estimate of drug-likeness (QED) is 0.739. The number of thiophene rings is 1. The molecule has 0 fully saturated rings. The lowest BCUT2D eigenvalue weighted by atomic mass is 10.2. The Kier molecular flexibility index (Phi) is 4.85. The van der Waals surface area contributed by atoms with E-state index >= 15 is 0 Å². The predicted molar refractivity (Wildman–Crippen MR) is 93.7 cm³/mol. The molecular formula is C16H18N6OS. The highest BCUT2D eigenvalue weighted by Crippen LogP contribution is 2.16. The van der Waals surface area contributed by atoms with Gasteiger partial charge in [-0.1, -0.05) is 12.1 Å². The minimum absolute atomic E-state index is 0.0485. The number of anilines is 1. The standard InChI is InChI=1S/C16H18N6OS/c1-21(2)14-5-3-12(4-6-14)9-17-15(23)10-22-19-16(18-20-22)13-7-8-24-11-13/h3-8,11H,9-10H2,1-2H3,(H,17,23). The molecule has 124 valence electrons. The number of tetrazole rings is 1. The van der Waals surface area contributed by atoms with Gasteiger partial charge < -0.3 is 10.2 Å². The third-order valence-corrected chi connectivity index (χ3v) is 4.14. The Morgan fingerprint density at radius 1 is 1.25 bits per heavy atom. The molecule has 1 amide bonds. The maximum absolute atomic E-state index is 12.0. The van der Waals surface area contributed by atoms with Crippen LogP contribution in [0, 0.1) is 0 Å². The van der Waals surface area contributed by atoms with Crippen LogP contribution in [-0.4, -0.2) is 40.2 Å². The van der Waals surface area contributed by atoms with Crippen molar-refractivity contribution in [3.63, 3.8) is 0 Å². The van der Waals surface area contributed by atoms with Crippen LogP contribution in [0.5, 0.6) is 0 Å². The molecule has 3 aromatic rings. The molecule has 1 N–H and O–H groups in total. The zero-order chi connectivity index (χ0) is 16.9. The number of nitrogens with zero attached hydrogens (tertiary/aromatic N) is 5. The SMILES string of the molecule is CN(C)c1ccc(CNC(=O)Cn2nnc(-c3ccsc3)n2)cc1. The van der Waals surface area contributed by atoms with Gasteiger partial charge in [-0.15, -0.1) is 10.2 Å². The fraction of sp³-hybridized carbons (Fsp3) is 0.250. The van der Waals surface area contributed by atoms with E-state index in [0.29, 0.717) is 12.4 Å². The van der Waals surface area contributed by atoms with Gasteiger partial charge in [0.2, 0.25) is 11.7 Å². The number of benzene rings is 1. The first-order valence-electron chi connectivity index (χ1n) is 7.45. The Balaban J connectivity index is 1.52. The third kappa shape index (κ3) is 3.96. The number of hydrogen-bond donors (Lipinski definition) is 1. The maximum Gasteiger partial charge on any atom is 0.243 e. The molecule has 2 aromatic heterocycles. The molecule has 7 nitrogen and oxygen atoms in total. The van der Waals surface area contributed by atoms with Crippen LogP contribution in [0.2, 0.25) is 0 Å². The van der Waals surface area contributed by atoms with Crippen LogP contribution in [0.4, 0.5) is 5.69 Å². The number of aromatic nitrogens is 4. The summed E-state index contributed by atoms with van der Waals surface area (Å²) in [6.45, 7) is 0.519. The molecule has 0 aliphatic rings. The second-order valence-electron chi connectivity index (χ2n) is 5.49. The summed E-state index contributed by atoms with van der Waals surface area (Å²) in [6, 6.07) is 9.96. The smallest absolute Gasteiger partial charge is 0.243 e. The molecule has 0 saturated carbocycles. The Labute approximate surface area is 143 Å². The highest BCUT2D eigenvalue weighted by Gasteiger charge is 2.09. The maximum atomic E-state index is 12.0. The molecule has 24 heavy (non-hydrogen) atoms. The van der Waals surface area contributed by atoms with E-state index in [0.717, 1.165) is 16.8 Å². The lowest BCUT2D eigenvalue weighted by Gasteiger charge is -2.12. The third-order valence-electron chi connectivity index (χ3n) is 3.46. The molecule has 0 unspecified atom stereocenters. The van der Waals surface area contributed by atoms with E-state index in [4.69, 9.17) is 0 Å². The molecule has 0 aliphatic heterocycles. The fourth-order valence-electron chi connectivity index (χ4n) is 2.11. The van der Waals surface area contributed by atoms with Crippen LogP contribution in [0.15, 0.2) is 41.1 Å². The Morgan fingerprint density at radius 2 is 2.04 bits per heavy atom. The molecule has 0 saturated heterocycles. The minimum Gasteiger partial charge on any atom is -0.378 e. The van der Waals surface area contributed by atoms with E-state index in [9.17, 15) is 4.79 Å². The first kappa shape index (κ1) is 16.1. The second kappa shape index (κ2) is 7.22. The highest BCUT2D eigenvalue weighted by molar-refractivity contribution is 7.08. The Morgan fingerprint density at radius 3 is 2.71 bits per heavy atom. The molecule has 0 radical (unpaired) electrons. The monoisotopic (exact) mass is 342 g/mol. The van der Waals surface area contributed by atoms with Crippen LogP contribution < -0.4 is 10.2 Å². The van der Waals surface area contributed by atoms with E-state index < -0.39 is 0 Å². The molecule has 1 aromatic carbocycles. The van der Waals surface area contributed by atoms with Gasteiger partial charge in [-0.05, 0) is 34.4 Å². The highest BCUT2D eigenvalue weighted by atomic mass is 32.1. The van der Waals surface area contributed by atoms with Crippen LogP contribution in [-0.2, 0) is 17.9 Å². The van der Waals surface area contributed by atoms with Gasteiger partial charge in [-0.2, -0.15) is 16.1 Å². The number of nitrogens with one attached hydrogen (secondary N) is 1. The molecule has 0 aliphatic carbocycles. The lowest BCUT2D eigenvalue weighted by Crippen LogP contribution is -2.28. The molecule has 0 atom stereocenters. The van der Waals surface area contributed by atoms with Gasteiger partial charge in [-0.25, -0.2) is 0 Å². The normalized spacial score (nSPS) is 10.6. The van der Waals surface area contributed by atoms with Crippen molar-refractivity contribution in [1.82, 2.24) is 25.5 Å². The summed E-state index contributed by atoms with van der Waals surface area (Å²) in [5.41, 5.74) is 3.07. The average molecular weight is 342 g/mol. The second-order valence-corrected chi connectivity index (χ2v) is 6.27. The lowest BCUT2D eigenvalue weighted by molar-refractivity contribution is -0.122. The van der Waals surface area contributed by atoms with Crippen molar-refractivity contribution in [2.24, 2.45) is 0 Å². The topological polar surface area (TPSA) is 75.9 Å². The van der Waals surface area contributed by atoms with Crippen molar-refractivity contribution in [2.75, 3.05) is 19.0 Å². The zero-order valence-electron chi connectivity index (χ0n) is 13.5. The summed E-state index contributed by atoms with van der Waals surface area (Å²) in [7, 11) is 3.98. The van der Waals surface area contributed by atoms with Crippen LogP contribution in [0.3, 0.4) is 0 Å². The van der Waals surface area contributed by atoms with Gasteiger partial charge in [0.25, 0.3) is 0 Å². The number of carbonyl (C=O) groups excluding carboxylic acids is 1. The summed E-state index contributed by atoms with van der Waals surface area (Å²) in [5, 5.41) is 18.8. The van der Waals surface area contributed by atoms with Crippen LogP contribution >= 0.6 is 11.3 Å². The van der Waals surface area contributed by atoms with Gasteiger partial charge in [0.1, 0.15) is 6.54 Å². The largest absolute Gasteiger partial charge is 0.378 e. The van der Waals surface area contributed by atoms with Gasteiger partial charge in [0, 0.05) is 37.3 Å². The molecule has 2 heterocycles. The number of hydrogen-bond acceptors (Lipinski definition) is 6. The van der Waals surface area contributed by atoms with Gasteiger partial charge >= 0.3 is 0 Å². The first-order chi connectivity index (χ1) is 11.6. The molecule has 0 spiro atoms. The van der Waals surface area contributed by atoms with E-state index in [1.807, 2.05) is 60.1 Å². The van der Waals surface area contributed by atoms with E-state index in [-0.39, 0.29) is 12.5 Å². The summed E-state index contributed by atoms with van der Waals surface area (Å²) in [5.74, 6) is 0.379. The number of carbonyl (C=O) groups is 1. The van der Waals surface area contributed by atoms with Crippen molar-refractivity contribution in [2.45, 2.75) is 13.1 Å². The molecule has 8 heteroatoms. The molecular weight excluding hydrogens is 324 g/mol. The van der Waals surface area contributed by atoms with Crippen molar-refractivity contribution < 1.29 is 4.79 Å². The van der Waals surface area contributed by atoms with E-state index in [1.165, 1.54) is 4.80 Å². The van der Waals surface area contributed by atoms with Gasteiger partial charge in [0.15, 0.2) is 0 Å². The van der Waals surface area contributed by atoms with E-state index in [2.05, 4.69) is 20.7 Å². The van der Waals surface area contributed by atoms with Gasteiger partial charge in [-0.3, -0.25) is 4.79 Å². The van der Waals surface area contributed by atoms with Crippen LogP contribution in [0.1, 0.15) is 5.56 Å². The summed E-state index contributed by atoms with van der Waals surface area (Å²) < 4.78 is 0. The fourth-order valence-corrected chi connectivity index (χ4v) is 2.75. The molecule has 0 bridgehead atoms. The summed E-state index contributed by atoms with van der Waals surface area (Å²) >= 11 is 1.57. The minimum atomic E-state index is -0.152. The van der Waals surface area contributed by atoms with Crippen molar-refractivity contribution in [3.05, 3.63) is 46.7 Å². The Bertz CT molecular complexity index is 794. The Hall–Kier alpha value is -2.74. The van der Waals surface area contributed by atoms with Crippen molar-refractivity contribution >= 4 is 22.9 Å². The first-order valence-corrected chi connectivity index (χ1v) is 8.39. The van der Waals surface area contributed by atoms with Crippen molar-refractivity contribution in [1.29, 1.82) is 0 Å². The predicted octanol–water partition coefficient (Wildman–Crippen LogP) is 1.78. The van der Waals surface area contributed by atoms with Crippen molar-refractivity contribution in [3.8, 4) is 11.4 Å². The van der Waals surface area contributed by atoms with Crippen LogP contribution in [0.25, 0.3) is 11.4 Å². The summed E-state index contributed by atoms with van der Waals surface area (Å²) in [4.78, 5) is 15.3. The number of amides is 1. The zero-order valence-corrected chi connectivity index (χ0v) is 14.3. The van der Waals surface area contributed by atoms with E-state index in [1.54, 1.807) is 11.3 Å². The molecule has 3 rings (SSSR count).